The number of halogens is 3. The molecule has 1 nitrogen and oxygen atoms in total. The van der Waals surface area contributed by atoms with E-state index < -0.39 is 17.9 Å². The fraction of sp³-hybridized carbons (Fsp3) is 0.923. The highest BCUT2D eigenvalue weighted by atomic mass is 19.4. The van der Waals surface area contributed by atoms with Gasteiger partial charge in [-0.15, -0.1) is 0 Å². The number of carbonyl (C=O) groups is 1. The van der Waals surface area contributed by atoms with Gasteiger partial charge in [-0.25, -0.2) is 0 Å². The van der Waals surface area contributed by atoms with Crippen LogP contribution in [-0.4, -0.2) is 12.0 Å². The molecular weight excluding hydrogens is 229 g/mol. The SMILES string of the molecule is CCC(C)(C)C1CCC(=O)C(C(F)(F)F)CC1. The largest absolute Gasteiger partial charge is 0.398 e. The van der Waals surface area contributed by atoms with Crippen LogP contribution in [0.25, 0.3) is 0 Å². The molecule has 0 saturated heterocycles. The standard InChI is InChI=1S/C13H21F3O/c1-4-12(2,3)9-5-7-10(13(14,15)16)11(17)8-6-9/h9-10H,4-8H2,1-3H3. The van der Waals surface area contributed by atoms with Crippen LogP contribution in [0.3, 0.4) is 0 Å². The second kappa shape index (κ2) is 4.99. The molecule has 0 N–H and O–H groups in total. The quantitative estimate of drug-likeness (QED) is 0.665. The Morgan fingerprint density at radius 3 is 2.24 bits per heavy atom. The Morgan fingerprint density at radius 1 is 1.18 bits per heavy atom. The third-order valence-corrected chi connectivity index (χ3v) is 4.34. The normalized spacial score (nSPS) is 28.0. The molecule has 1 aliphatic rings. The molecule has 0 spiro atoms. The number of alkyl halides is 3. The van der Waals surface area contributed by atoms with Crippen LogP contribution in [0.2, 0.25) is 0 Å². The van der Waals surface area contributed by atoms with Gasteiger partial charge in [-0.2, -0.15) is 13.2 Å². The lowest BCUT2D eigenvalue weighted by molar-refractivity contribution is -0.182. The molecule has 0 aliphatic heterocycles. The summed E-state index contributed by atoms with van der Waals surface area (Å²) in [5.74, 6) is -2.11. The number of hydrogen-bond acceptors (Lipinski definition) is 1. The second-order valence-corrected chi connectivity index (χ2v) is 5.72. The molecule has 0 aromatic heterocycles. The van der Waals surface area contributed by atoms with Crippen LogP contribution < -0.4 is 0 Å². The zero-order valence-corrected chi connectivity index (χ0v) is 10.7. The predicted molar refractivity (Wildman–Crippen MR) is 60.6 cm³/mol. The van der Waals surface area contributed by atoms with E-state index in [1.165, 1.54) is 0 Å². The Balaban J connectivity index is 2.76. The Kier molecular flexibility index (Phi) is 4.26. The van der Waals surface area contributed by atoms with E-state index in [1.807, 2.05) is 6.92 Å². The molecule has 2 unspecified atom stereocenters. The first-order chi connectivity index (χ1) is 7.68. The lowest BCUT2D eigenvalue weighted by atomic mass is 9.73. The van der Waals surface area contributed by atoms with Crippen LogP contribution in [0.1, 0.15) is 52.9 Å². The van der Waals surface area contributed by atoms with Crippen molar-refractivity contribution < 1.29 is 18.0 Å². The third kappa shape index (κ3) is 3.46. The molecule has 0 amide bonds. The monoisotopic (exact) mass is 250 g/mol. The van der Waals surface area contributed by atoms with Gasteiger partial charge in [0, 0.05) is 6.42 Å². The van der Waals surface area contributed by atoms with Crippen molar-refractivity contribution in [3.63, 3.8) is 0 Å². The summed E-state index contributed by atoms with van der Waals surface area (Å²) < 4.78 is 38.0. The van der Waals surface area contributed by atoms with Gasteiger partial charge in [0.1, 0.15) is 11.7 Å². The highest BCUT2D eigenvalue weighted by molar-refractivity contribution is 5.82. The summed E-state index contributed by atoms with van der Waals surface area (Å²) in [6.07, 6.45) is -2.26. The van der Waals surface area contributed by atoms with Crippen LogP contribution in [0.4, 0.5) is 13.2 Å². The number of rotatable bonds is 2. The average Bonchev–Trinajstić information content (AvgIpc) is 2.39. The number of ketones is 1. The van der Waals surface area contributed by atoms with E-state index in [9.17, 15) is 18.0 Å². The summed E-state index contributed by atoms with van der Waals surface area (Å²) in [6.45, 7) is 6.21. The van der Waals surface area contributed by atoms with Gasteiger partial charge in [0.2, 0.25) is 0 Å². The molecule has 0 aromatic carbocycles. The van der Waals surface area contributed by atoms with Crippen LogP contribution in [0.5, 0.6) is 0 Å². The summed E-state index contributed by atoms with van der Waals surface area (Å²) in [5.41, 5.74) is 0.0285. The molecule has 0 bridgehead atoms. The number of Topliss-reactive ketones (excluding diaryl/α,β-unsaturated/α-hetero) is 1. The zero-order valence-electron chi connectivity index (χ0n) is 10.7. The molecule has 1 saturated carbocycles. The Labute approximate surface area is 101 Å². The van der Waals surface area contributed by atoms with Crippen molar-refractivity contribution in [1.82, 2.24) is 0 Å². The van der Waals surface area contributed by atoms with E-state index in [0.29, 0.717) is 12.8 Å². The maximum Gasteiger partial charge on any atom is 0.398 e. The minimum atomic E-state index is -4.36. The zero-order chi connectivity index (χ0) is 13.3. The fourth-order valence-electron chi connectivity index (χ4n) is 2.58. The molecule has 17 heavy (non-hydrogen) atoms. The Bertz CT molecular complexity index is 281. The molecule has 0 radical (unpaired) electrons. The van der Waals surface area contributed by atoms with Gasteiger partial charge in [-0.1, -0.05) is 27.2 Å². The van der Waals surface area contributed by atoms with E-state index in [0.717, 1.165) is 6.42 Å². The van der Waals surface area contributed by atoms with Crippen LogP contribution in [0.15, 0.2) is 0 Å². The summed E-state index contributed by atoms with van der Waals surface area (Å²) in [7, 11) is 0. The van der Waals surface area contributed by atoms with Gasteiger partial charge in [-0.05, 0) is 30.6 Å². The molecule has 100 valence electrons. The molecule has 1 rings (SSSR count). The van der Waals surface area contributed by atoms with E-state index >= 15 is 0 Å². The van der Waals surface area contributed by atoms with Gasteiger partial charge in [0.15, 0.2) is 0 Å². The van der Waals surface area contributed by atoms with Gasteiger partial charge in [-0.3, -0.25) is 4.79 Å². The van der Waals surface area contributed by atoms with E-state index in [1.54, 1.807) is 0 Å². The lowest BCUT2D eigenvalue weighted by Gasteiger charge is -2.32. The number of carbonyl (C=O) groups excluding carboxylic acids is 1. The van der Waals surface area contributed by atoms with E-state index in [-0.39, 0.29) is 24.2 Å². The minimum Gasteiger partial charge on any atom is -0.299 e. The summed E-state index contributed by atoms with van der Waals surface area (Å²) in [5, 5.41) is 0. The van der Waals surface area contributed by atoms with Crippen LogP contribution in [0, 0.1) is 17.3 Å². The molecule has 2 atom stereocenters. The van der Waals surface area contributed by atoms with Crippen molar-refractivity contribution in [2.24, 2.45) is 17.3 Å². The molecule has 4 heteroatoms. The Morgan fingerprint density at radius 2 is 1.76 bits per heavy atom. The van der Waals surface area contributed by atoms with Gasteiger partial charge in [0.05, 0.1) is 0 Å². The lowest BCUT2D eigenvalue weighted by Crippen LogP contribution is -2.29. The summed E-state index contributed by atoms with van der Waals surface area (Å²) in [4.78, 5) is 11.5. The van der Waals surface area contributed by atoms with Crippen LogP contribution in [-0.2, 0) is 4.79 Å². The maximum atomic E-state index is 12.7. The number of hydrogen-bond donors (Lipinski definition) is 0. The van der Waals surface area contributed by atoms with Crippen molar-refractivity contribution in [2.45, 2.75) is 59.1 Å². The van der Waals surface area contributed by atoms with Crippen molar-refractivity contribution in [1.29, 1.82) is 0 Å². The smallest absolute Gasteiger partial charge is 0.299 e. The predicted octanol–water partition coefficient (Wildman–Crippen LogP) is 4.36. The van der Waals surface area contributed by atoms with E-state index in [4.69, 9.17) is 0 Å². The van der Waals surface area contributed by atoms with Crippen molar-refractivity contribution in [2.75, 3.05) is 0 Å². The topological polar surface area (TPSA) is 17.1 Å². The van der Waals surface area contributed by atoms with Gasteiger partial charge >= 0.3 is 6.18 Å². The van der Waals surface area contributed by atoms with Gasteiger partial charge < -0.3 is 0 Å². The highest BCUT2D eigenvalue weighted by Crippen LogP contribution is 2.43. The molecular formula is C13H21F3O. The summed E-state index contributed by atoms with van der Waals surface area (Å²) in [6, 6.07) is 0. The average molecular weight is 250 g/mol. The Hall–Kier alpha value is -0.540. The van der Waals surface area contributed by atoms with Crippen molar-refractivity contribution in [3.8, 4) is 0 Å². The highest BCUT2D eigenvalue weighted by Gasteiger charge is 2.46. The summed E-state index contributed by atoms with van der Waals surface area (Å²) >= 11 is 0. The molecule has 1 aliphatic carbocycles. The maximum absolute atomic E-state index is 12.7. The van der Waals surface area contributed by atoms with Crippen LogP contribution >= 0.6 is 0 Å². The third-order valence-electron chi connectivity index (χ3n) is 4.34. The minimum absolute atomic E-state index is 0.0285. The van der Waals surface area contributed by atoms with Gasteiger partial charge in [0.25, 0.3) is 0 Å². The first-order valence-electron chi connectivity index (χ1n) is 6.28. The fourth-order valence-corrected chi connectivity index (χ4v) is 2.58. The second-order valence-electron chi connectivity index (χ2n) is 5.72. The first kappa shape index (κ1) is 14.5. The molecule has 0 heterocycles. The van der Waals surface area contributed by atoms with Crippen molar-refractivity contribution >= 4 is 5.78 Å². The van der Waals surface area contributed by atoms with Crippen molar-refractivity contribution in [3.05, 3.63) is 0 Å². The molecule has 0 aromatic rings. The van der Waals surface area contributed by atoms with E-state index in [2.05, 4.69) is 13.8 Å². The molecule has 1 fully saturated rings. The first-order valence-corrected chi connectivity index (χ1v) is 6.28.